The van der Waals surface area contributed by atoms with Gasteiger partial charge in [0.25, 0.3) is 5.91 Å². The van der Waals surface area contributed by atoms with Crippen LogP contribution in [0.25, 0.3) is 0 Å². The van der Waals surface area contributed by atoms with E-state index in [-0.39, 0.29) is 11.3 Å². The number of para-hydroxylation sites is 1. The van der Waals surface area contributed by atoms with Gasteiger partial charge in [-0.05, 0) is 38.1 Å². The molecule has 19 heavy (non-hydrogen) atoms. The molecule has 0 atom stereocenters. The third kappa shape index (κ3) is 3.20. The van der Waals surface area contributed by atoms with E-state index < -0.39 is 5.91 Å². The van der Waals surface area contributed by atoms with Crippen LogP contribution < -0.4 is 5.43 Å². The fraction of sp³-hybridized carbons (Fsp3) is 0.143. The second kappa shape index (κ2) is 5.67. The second-order valence-electron chi connectivity index (χ2n) is 4.07. The third-order valence-electron chi connectivity index (χ3n) is 2.57. The normalized spacial score (nSPS) is 11.4. The number of hydrogen-bond acceptors (Lipinski definition) is 4. The number of carbonyl (C=O) groups excluding carboxylic acids is 1. The molecule has 4 nitrogen and oxygen atoms in total. The highest BCUT2D eigenvalue weighted by Crippen LogP contribution is 2.17. The lowest BCUT2D eigenvalue weighted by atomic mass is 10.2. The zero-order chi connectivity index (χ0) is 13.8. The first-order chi connectivity index (χ1) is 9.08. The van der Waals surface area contributed by atoms with E-state index in [1.54, 1.807) is 29.5 Å². The van der Waals surface area contributed by atoms with E-state index in [9.17, 15) is 9.90 Å². The monoisotopic (exact) mass is 274 g/mol. The summed E-state index contributed by atoms with van der Waals surface area (Å²) < 4.78 is 0. The molecular weight excluding hydrogens is 260 g/mol. The number of aryl methyl sites for hydroxylation is 1. The maximum Gasteiger partial charge on any atom is 0.275 e. The van der Waals surface area contributed by atoms with Crippen LogP contribution in [0.5, 0.6) is 5.75 Å². The molecule has 5 heteroatoms. The van der Waals surface area contributed by atoms with Crippen molar-refractivity contribution in [1.82, 2.24) is 5.43 Å². The summed E-state index contributed by atoms with van der Waals surface area (Å²) in [7, 11) is 0. The minimum absolute atomic E-state index is 0.0557. The molecule has 0 radical (unpaired) electrons. The lowest BCUT2D eigenvalue weighted by molar-refractivity contribution is 0.0952. The van der Waals surface area contributed by atoms with Gasteiger partial charge in [-0.2, -0.15) is 5.10 Å². The number of rotatable bonds is 3. The molecule has 0 fully saturated rings. The molecule has 0 saturated carbocycles. The van der Waals surface area contributed by atoms with Crippen molar-refractivity contribution in [2.45, 2.75) is 13.8 Å². The molecule has 0 aliphatic carbocycles. The minimum atomic E-state index is -0.425. The van der Waals surface area contributed by atoms with Crippen LogP contribution >= 0.6 is 11.3 Å². The number of aromatic hydroxyl groups is 1. The Balaban J connectivity index is 2.10. The van der Waals surface area contributed by atoms with Crippen LogP contribution in [0.3, 0.4) is 0 Å². The van der Waals surface area contributed by atoms with Crippen molar-refractivity contribution in [3.8, 4) is 5.75 Å². The van der Waals surface area contributed by atoms with Gasteiger partial charge >= 0.3 is 0 Å². The highest BCUT2D eigenvalue weighted by atomic mass is 32.1. The molecule has 1 amide bonds. The van der Waals surface area contributed by atoms with Crippen molar-refractivity contribution in [1.29, 1.82) is 0 Å². The van der Waals surface area contributed by atoms with E-state index in [0.717, 1.165) is 10.6 Å². The summed E-state index contributed by atoms with van der Waals surface area (Å²) in [5.41, 5.74) is 3.39. The number of carbonyl (C=O) groups is 1. The van der Waals surface area contributed by atoms with Crippen molar-refractivity contribution < 1.29 is 9.90 Å². The van der Waals surface area contributed by atoms with E-state index >= 15 is 0 Å². The van der Waals surface area contributed by atoms with Gasteiger partial charge in [0, 0.05) is 4.88 Å². The van der Waals surface area contributed by atoms with Crippen LogP contribution in [-0.4, -0.2) is 16.7 Å². The average Bonchev–Trinajstić information content (AvgIpc) is 2.83. The summed E-state index contributed by atoms with van der Waals surface area (Å²) in [6, 6.07) is 10.3. The van der Waals surface area contributed by atoms with Crippen LogP contribution in [0.4, 0.5) is 0 Å². The van der Waals surface area contributed by atoms with Crippen LogP contribution in [0.1, 0.15) is 27.0 Å². The van der Waals surface area contributed by atoms with Gasteiger partial charge in [-0.25, -0.2) is 5.43 Å². The molecular formula is C14H14N2O2S. The van der Waals surface area contributed by atoms with Gasteiger partial charge in [-0.1, -0.05) is 12.1 Å². The second-order valence-corrected chi connectivity index (χ2v) is 5.35. The molecule has 0 saturated heterocycles. The number of hydrogen-bond donors (Lipinski definition) is 2. The molecule has 1 aromatic heterocycles. The van der Waals surface area contributed by atoms with Gasteiger partial charge in [0.2, 0.25) is 0 Å². The smallest absolute Gasteiger partial charge is 0.275 e. The molecule has 0 bridgehead atoms. The molecule has 98 valence electrons. The Morgan fingerprint density at radius 3 is 2.63 bits per heavy atom. The highest BCUT2D eigenvalue weighted by molar-refractivity contribution is 7.14. The highest BCUT2D eigenvalue weighted by Gasteiger charge is 2.09. The molecule has 0 aliphatic heterocycles. The van der Waals surface area contributed by atoms with E-state index in [1.165, 1.54) is 10.9 Å². The molecule has 2 rings (SSSR count). The molecule has 2 N–H and O–H groups in total. The average molecular weight is 274 g/mol. The van der Waals surface area contributed by atoms with Gasteiger partial charge in [-0.3, -0.25) is 4.79 Å². The largest absolute Gasteiger partial charge is 0.507 e. The molecule has 1 aromatic carbocycles. The van der Waals surface area contributed by atoms with Crippen molar-refractivity contribution >= 4 is 23.0 Å². The summed E-state index contributed by atoms with van der Waals surface area (Å²) in [5.74, 6) is -0.481. The first-order valence-electron chi connectivity index (χ1n) is 5.77. The summed E-state index contributed by atoms with van der Waals surface area (Å²) in [6.07, 6.45) is 0. The van der Waals surface area contributed by atoms with Crippen molar-refractivity contribution in [2.24, 2.45) is 5.10 Å². The van der Waals surface area contributed by atoms with Crippen molar-refractivity contribution in [2.75, 3.05) is 0 Å². The van der Waals surface area contributed by atoms with Crippen LogP contribution in [0, 0.1) is 6.92 Å². The quantitative estimate of drug-likeness (QED) is 0.667. The predicted molar refractivity (Wildman–Crippen MR) is 76.8 cm³/mol. The Morgan fingerprint density at radius 1 is 1.26 bits per heavy atom. The Morgan fingerprint density at radius 2 is 2.00 bits per heavy atom. The number of nitrogens with one attached hydrogen (secondary N) is 1. The summed E-state index contributed by atoms with van der Waals surface area (Å²) >= 11 is 1.61. The lowest BCUT2D eigenvalue weighted by Crippen LogP contribution is -2.19. The topological polar surface area (TPSA) is 61.7 Å². The SMILES string of the molecule is CC(=NNC(=O)c1ccccc1O)c1ccc(C)s1. The molecule has 1 heterocycles. The Kier molecular flexibility index (Phi) is 3.97. The van der Waals surface area contributed by atoms with Crippen LogP contribution in [-0.2, 0) is 0 Å². The van der Waals surface area contributed by atoms with Gasteiger partial charge in [-0.15, -0.1) is 11.3 Å². The molecule has 0 unspecified atom stereocenters. The Bertz CT molecular complexity index is 632. The molecule has 2 aromatic rings. The number of amides is 1. The fourth-order valence-corrected chi connectivity index (χ4v) is 2.36. The number of benzene rings is 1. The summed E-state index contributed by atoms with van der Waals surface area (Å²) in [4.78, 5) is 14.0. The number of thiophene rings is 1. The van der Waals surface area contributed by atoms with E-state index in [2.05, 4.69) is 10.5 Å². The van der Waals surface area contributed by atoms with Crippen molar-refractivity contribution in [3.05, 3.63) is 51.7 Å². The molecule has 0 spiro atoms. The molecule has 0 aliphatic rings. The van der Waals surface area contributed by atoms with E-state index in [4.69, 9.17) is 0 Å². The van der Waals surface area contributed by atoms with Gasteiger partial charge in [0.1, 0.15) is 5.75 Å². The predicted octanol–water partition coefficient (Wildman–Crippen LogP) is 2.92. The van der Waals surface area contributed by atoms with Crippen LogP contribution in [0.15, 0.2) is 41.5 Å². The van der Waals surface area contributed by atoms with Crippen LogP contribution in [0.2, 0.25) is 0 Å². The summed E-state index contributed by atoms with van der Waals surface area (Å²) in [6.45, 7) is 3.85. The Labute approximate surface area is 115 Å². The Hall–Kier alpha value is -2.14. The fourth-order valence-electron chi connectivity index (χ4n) is 1.54. The van der Waals surface area contributed by atoms with Gasteiger partial charge < -0.3 is 5.11 Å². The van der Waals surface area contributed by atoms with Gasteiger partial charge in [0.05, 0.1) is 16.2 Å². The summed E-state index contributed by atoms with van der Waals surface area (Å²) in [5, 5.41) is 13.6. The maximum absolute atomic E-state index is 11.8. The number of hydrazone groups is 1. The minimum Gasteiger partial charge on any atom is -0.507 e. The first-order valence-corrected chi connectivity index (χ1v) is 6.59. The zero-order valence-electron chi connectivity index (χ0n) is 10.7. The first kappa shape index (κ1) is 13.3. The number of phenols is 1. The third-order valence-corrected chi connectivity index (χ3v) is 3.68. The maximum atomic E-state index is 11.8. The zero-order valence-corrected chi connectivity index (χ0v) is 11.5. The lowest BCUT2D eigenvalue weighted by Gasteiger charge is -2.03. The van der Waals surface area contributed by atoms with E-state index in [1.807, 2.05) is 26.0 Å². The van der Waals surface area contributed by atoms with Gasteiger partial charge in [0.15, 0.2) is 0 Å². The van der Waals surface area contributed by atoms with Crippen molar-refractivity contribution in [3.63, 3.8) is 0 Å². The number of phenolic OH excluding ortho intramolecular Hbond substituents is 1. The standard InChI is InChI=1S/C14H14N2O2S/c1-9-7-8-13(19-9)10(2)15-16-14(18)11-5-3-4-6-12(11)17/h3-8,17H,1-2H3,(H,16,18). The van der Waals surface area contributed by atoms with E-state index in [0.29, 0.717) is 0 Å². The number of nitrogens with zero attached hydrogens (tertiary/aromatic N) is 1.